The first kappa shape index (κ1) is 14.5. The quantitative estimate of drug-likeness (QED) is 0.722. The predicted octanol–water partition coefficient (Wildman–Crippen LogP) is 3.93. The molecule has 0 aliphatic rings. The second-order valence-electron chi connectivity index (χ2n) is 4.27. The number of halogens is 1. The van der Waals surface area contributed by atoms with Crippen LogP contribution in [0.25, 0.3) is 11.4 Å². The molecule has 0 bridgehead atoms. The van der Waals surface area contributed by atoms with Crippen molar-refractivity contribution in [2.75, 3.05) is 0 Å². The highest BCUT2D eigenvalue weighted by Crippen LogP contribution is 2.31. The van der Waals surface area contributed by atoms with E-state index in [-0.39, 0.29) is 0 Å². The number of nitrogens with zero attached hydrogens (tertiary/aromatic N) is 5. The molecule has 8 heteroatoms. The van der Waals surface area contributed by atoms with E-state index < -0.39 is 0 Å². The molecule has 0 saturated carbocycles. The third-order valence-corrected chi connectivity index (χ3v) is 4.87. The zero-order valence-corrected chi connectivity index (χ0v) is 13.8. The molecule has 0 aliphatic heterocycles. The second-order valence-corrected chi connectivity index (χ2v) is 6.67. The number of aryl methyl sites for hydroxylation is 1. The molecule has 3 rings (SSSR count). The van der Waals surface area contributed by atoms with E-state index in [2.05, 4.69) is 26.5 Å². The first-order valence-corrected chi connectivity index (χ1v) is 8.31. The normalized spacial score (nSPS) is 11.0. The van der Waals surface area contributed by atoms with Crippen LogP contribution in [0.2, 0.25) is 5.02 Å². The average Bonchev–Trinajstić information content (AvgIpc) is 3.05. The van der Waals surface area contributed by atoms with Gasteiger partial charge in [-0.1, -0.05) is 23.7 Å². The summed E-state index contributed by atoms with van der Waals surface area (Å²) >= 11 is 8.90. The van der Waals surface area contributed by atoms with Crippen LogP contribution in [0.4, 0.5) is 0 Å². The molecule has 0 fully saturated rings. The van der Waals surface area contributed by atoms with Crippen molar-refractivity contribution in [1.29, 1.82) is 0 Å². The molecule has 108 valence electrons. The minimum atomic E-state index is 0.687. The Morgan fingerprint density at radius 1 is 1.33 bits per heavy atom. The number of hydrogen-bond donors (Lipinski definition) is 0. The zero-order valence-electron chi connectivity index (χ0n) is 11.4. The van der Waals surface area contributed by atoms with E-state index in [1.54, 1.807) is 0 Å². The summed E-state index contributed by atoms with van der Waals surface area (Å²) in [5.41, 5.74) is 0.956. The zero-order chi connectivity index (χ0) is 14.8. The van der Waals surface area contributed by atoms with E-state index in [1.807, 2.05) is 35.8 Å². The Hall–Kier alpha value is -1.44. The van der Waals surface area contributed by atoms with Crippen molar-refractivity contribution < 1.29 is 0 Å². The lowest BCUT2D eigenvalue weighted by Gasteiger charge is -2.06. The van der Waals surface area contributed by atoms with Gasteiger partial charge >= 0.3 is 0 Å². The summed E-state index contributed by atoms with van der Waals surface area (Å²) in [5, 5.41) is 10.1. The fourth-order valence-corrected chi connectivity index (χ4v) is 3.73. The third kappa shape index (κ3) is 3.09. The standard InChI is InChI=1S/C13H12ClN5S2/c1-3-19-11(9-5-4-6-10(14)7-9)16-17-12(19)20-13-15-8(2)18-21-13/h4-7H,3H2,1-2H3. The van der Waals surface area contributed by atoms with Crippen LogP contribution in [-0.4, -0.2) is 24.1 Å². The highest BCUT2D eigenvalue weighted by atomic mass is 35.5. The van der Waals surface area contributed by atoms with Crippen LogP contribution in [0.3, 0.4) is 0 Å². The minimum Gasteiger partial charge on any atom is -0.302 e. The van der Waals surface area contributed by atoms with Crippen LogP contribution in [0.5, 0.6) is 0 Å². The fourth-order valence-electron chi connectivity index (χ4n) is 1.89. The molecule has 0 N–H and O–H groups in total. The Labute approximate surface area is 135 Å². The maximum absolute atomic E-state index is 6.05. The van der Waals surface area contributed by atoms with Crippen molar-refractivity contribution in [1.82, 2.24) is 24.1 Å². The van der Waals surface area contributed by atoms with Crippen LogP contribution in [0, 0.1) is 6.92 Å². The molecular weight excluding hydrogens is 326 g/mol. The van der Waals surface area contributed by atoms with E-state index in [9.17, 15) is 0 Å². The summed E-state index contributed by atoms with van der Waals surface area (Å²) in [7, 11) is 0. The Morgan fingerprint density at radius 2 is 2.19 bits per heavy atom. The number of aromatic nitrogens is 5. The van der Waals surface area contributed by atoms with Gasteiger partial charge in [-0.2, -0.15) is 4.37 Å². The summed E-state index contributed by atoms with van der Waals surface area (Å²) in [6.45, 7) is 4.71. The van der Waals surface area contributed by atoms with Crippen molar-refractivity contribution in [2.45, 2.75) is 29.9 Å². The third-order valence-electron chi connectivity index (χ3n) is 2.80. The van der Waals surface area contributed by atoms with Crippen LogP contribution < -0.4 is 0 Å². The van der Waals surface area contributed by atoms with Crippen molar-refractivity contribution >= 4 is 34.9 Å². The fraction of sp³-hybridized carbons (Fsp3) is 0.231. The molecule has 2 aromatic heterocycles. The molecule has 0 atom stereocenters. The van der Waals surface area contributed by atoms with Crippen LogP contribution in [0.15, 0.2) is 33.8 Å². The predicted molar refractivity (Wildman–Crippen MR) is 84.9 cm³/mol. The largest absolute Gasteiger partial charge is 0.302 e. The van der Waals surface area contributed by atoms with E-state index in [1.165, 1.54) is 23.3 Å². The Bertz CT molecular complexity index is 768. The molecule has 0 spiro atoms. The molecule has 3 aromatic rings. The number of hydrogen-bond acceptors (Lipinski definition) is 6. The number of benzene rings is 1. The average molecular weight is 338 g/mol. The lowest BCUT2D eigenvalue weighted by Crippen LogP contribution is -1.99. The van der Waals surface area contributed by atoms with Crippen molar-refractivity contribution in [3.05, 3.63) is 35.1 Å². The molecular formula is C13H12ClN5S2. The molecule has 1 aromatic carbocycles. The van der Waals surface area contributed by atoms with Gasteiger partial charge in [-0.25, -0.2) is 4.98 Å². The van der Waals surface area contributed by atoms with Crippen molar-refractivity contribution in [3.63, 3.8) is 0 Å². The SMILES string of the molecule is CCn1c(Sc2nc(C)ns2)nnc1-c1cccc(Cl)c1. The maximum Gasteiger partial charge on any atom is 0.198 e. The van der Waals surface area contributed by atoms with Gasteiger partial charge in [-0.15, -0.1) is 10.2 Å². The topological polar surface area (TPSA) is 56.5 Å². The molecule has 0 amide bonds. The van der Waals surface area contributed by atoms with Gasteiger partial charge in [0, 0.05) is 17.1 Å². The highest BCUT2D eigenvalue weighted by molar-refractivity contribution is 8.00. The van der Waals surface area contributed by atoms with Gasteiger partial charge in [0.15, 0.2) is 15.3 Å². The van der Waals surface area contributed by atoms with Gasteiger partial charge in [0.2, 0.25) is 0 Å². The second kappa shape index (κ2) is 6.13. The molecule has 0 radical (unpaired) electrons. The first-order valence-electron chi connectivity index (χ1n) is 6.34. The Kier molecular flexibility index (Phi) is 4.23. The van der Waals surface area contributed by atoms with Gasteiger partial charge in [0.05, 0.1) is 0 Å². The Balaban J connectivity index is 1.97. The summed E-state index contributed by atoms with van der Waals surface area (Å²) in [6, 6.07) is 7.62. The summed E-state index contributed by atoms with van der Waals surface area (Å²) in [4.78, 5) is 4.35. The first-order chi connectivity index (χ1) is 10.2. The Morgan fingerprint density at radius 3 is 2.86 bits per heavy atom. The molecule has 0 saturated heterocycles. The van der Waals surface area contributed by atoms with Crippen molar-refractivity contribution in [3.8, 4) is 11.4 Å². The van der Waals surface area contributed by atoms with Gasteiger partial charge < -0.3 is 4.57 Å². The maximum atomic E-state index is 6.05. The molecule has 0 aliphatic carbocycles. The summed E-state index contributed by atoms with van der Waals surface area (Å²) < 4.78 is 7.10. The van der Waals surface area contributed by atoms with Crippen molar-refractivity contribution in [2.24, 2.45) is 0 Å². The highest BCUT2D eigenvalue weighted by Gasteiger charge is 2.15. The van der Waals surface area contributed by atoms with E-state index in [0.717, 1.165) is 33.3 Å². The van der Waals surface area contributed by atoms with E-state index in [4.69, 9.17) is 11.6 Å². The summed E-state index contributed by atoms with van der Waals surface area (Å²) in [6.07, 6.45) is 0. The van der Waals surface area contributed by atoms with E-state index >= 15 is 0 Å². The van der Waals surface area contributed by atoms with Gasteiger partial charge in [0.1, 0.15) is 5.82 Å². The van der Waals surface area contributed by atoms with Crippen LogP contribution >= 0.6 is 34.9 Å². The van der Waals surface area contributed by atoms with Gasteiger partial charge in [0.25, 0.3) is 0 Å². The minimum absolute atomic E-state index is 0.687. The molecule has 5 nitrogen and oxygen atoms in total. The summed E-state index contributed by atoms with van der Waals surface area (Å²) in [5.74, 6) is 1.59. The van der Waals surface area contributed by atoms with Gasteiger partial charge in [-0.3, -0.25) is 0 Å². The van der Waals surface area contributed by atoms with Crippen LogP contribution in [0.1, 0.15) is 12.7 Å². The van der Waals surface area contributed by atoms with E-state index in [0.29, 0.717) is 5.02 Å². The smallest absolute Gasteiger partial charge is 0.198 e. The van der Waals surface area contributed by atoms with Crippen LogP contribution in [-0.2, 0) is 6.54 Å². The lowest BCUT2D eigenvalue weighted by molar-refractivity contribution is 0.687. The molecule has 2 heterocycles. The monoisotopic (exact) mass is 337 g/mol. The molecule has 0 unspecified atom stereocenters. The molecule has 21 heavy (non-hydrogen) atoms. The number of rotatable bonds is 4. The van der Waals surface area contributed by atoms with Gasteiger partial charge in [-0.05, 0) is 49.3 Å². The lowest BCUT2D eigenvalue weighted by atomic mass is 10.2.